The molecule has 2 N–H and O–H groups in total. The second-order valence-corrected chi connectivity index (χ2v) is 8.92. The molecule has 2 heterocycles. The number of nitrogens with one attached hydrogen (secondary N) is 2. The summed E-state index contributed by atoms with van der Waals surface area (Å²) in [7, 11) is 0. The van der Waals surface area contributed by atoms with E-state index in [2.05, 4.69) is 15.6 Å². The van der Waals surface area contributed by atoms with Gasteiger partial charge in [-0.2, -0.15) is 0 Å². The third-order valence-corrected chi connectivity index (χ3v) is 6.34. The number of aliphatic imine (C=N–C) groups is 1. The number of alkyl carbamates (subject to hydrolysis) is 1. The zero-order valence-corrected chi connectivity index (χ0v) is 20.2. The summed E-state index contributed by atoms with van der Waals surface area (Å²) in [5, 5.41) is 5.85. The molecular weight excluding hydrogens is 460 g/mol. The van der Waals surface area contributed by atoms with Crippen molar-refractivity contribution in [1.82, 2.24) is 15.5 Å². The summed E-state index contributed by atoms with van der Waals surface area (Å²) in [5.74, 6) is 0.0270. The molecule has 36 heavy (non-hydrogen) atoms. The van der Waals surface area contributed by atoms with E-state index in [0.717, 1.165) is 43.4 Å². The van der Waals surface area contributed by atoms with Gasteiger partial charge in [-0.3, -0.25) is 10.1 Å². The molecule has 2 aliphatic rings. The van der Waals surface area contributed by atoms with E-state index in [9.17, 15) is 14.4 Å². The van der Waals surface area contributed by atoms with Crippen LogP contribution in [0.2, 0.25) is 0 Å². The highest BCUT2D eigenvalue weighted by Gasteiger charge is 2.37. The number of piperidine rings is 1. The van der Waals surface area contributed by atoms with Crippen LogP contribution in [0.3, 0.4) is 0 Å². The number of hydrogen-bond donors (Lipinski definition) is 2. The Morgan fingerprint density at radius 3 is 2.19 bits per heavy atom. The van der Waals surface area contributed by atoms with Gasteiger partial charge < -0.3 is 19.7 Å². The van der Waals surface area contributed by atoms with Crippen LogP contribution >= 0.6 is 0 Å². The molecule has 0 aromatic heterocycles. The lowest BCUT2D eigenvalue weighted by molar-refractivity contribution is -0.125. The highest BCUT2D eigenvalue weighted by molar-refractivity contribution is 6.01. The van der Waals surface area contributed by atoms with Gasteiger partial charge in [0.2, 0.25) is 5.96 Å². The van der Waals surface area contributed by atoms with E-state index in [-0.39, 0.29) is 31.0 Å². The Morgan fingerprint density at radius 1 is 0.889 bits per heavy atom. The van der Waals surface area contributed by atoms with Gasteiger partial charge in [0.05, 0.1) is 12.1 Å². The molecule has 2 aromatic rings. The van der Waals surface area contributed by atoms with Crippen molar-refractivity contribution in [3.8, 4) is 0 Å². The second-order valence-electron chi connectivity index (χ2n) is 8.92. The average molecular weight is 493 g/mol. The first-order valence-corrected chi connectivity index (χ1v) is 12.4. The molecule has 2 aliphatic heterocycles. The number of ketones is 1. The maximum atomic E-state index is 13.3. The van der Waals surface area contributed by atoms with Gasteiger partial charge in [0.15, 0.2) is 5.78 Å². The first-order valence-electron chi connectivity index (χ1n) is 12.4. The molecule has 2 aromatic carbocycles. The summed E-state index contributed by atoms with van der Waals surface area (Å²) in [6.07, 6.45) is 2.42. The minimum atomic E-state index is -0.854. The van der Waals surface area contributed by atoms with Gasteiger partial charge in [-0.05, 0) is 49.8 Å². The predicted molar refractivity (Wildman–Crippen MR) is 134 cm³/mol. The Morgan fingerprint density at radius 2 is 1.56 bits per heavy atom. The van der Waals surface area contributed by atoms with Crippen LogP contribution in [0.1, 0.15) is 43.2 Å². The molecule has 190 valence electrons. The van der Waals surface area contributed by atoms with Crippen LogP contribution < -0.4 is 10.6 Å². The van der Waals surface area contributed by atoms with Crippen molar-refractivity contribution in [3.05, 3.63) is 71.8 Å². The molecular formula is C27H32N4O5. The third kappa shape index (κ3) is 7.14. The van der Waals surface area contributed by atoms with Crippen LogP contribution in [-0.4, -0.2) is 54.0 Å². The van der Waals surface area contributed by atoms with Gasteiger partial charge in [-0.15, -0.1) is 4.99 Å². The maximum absolute atomic E-state index is 13.3. The van der Waals surface area contributed by atoms with Gasteiger partial charge in [0, 0.05) is 6.54 Å². The molecule has 9 heteroatoms. The summed E-state index contributed by atoms with van der Waals surface area (Å²) >= 11 is 0. The maximum Gasteiger partial charge on any atom is 0.437 e. The van der Waals surface area contributed by atoms with Crippen molar-refractivity contribution < 1.29 is 23.9 Å². The lowest BCUT2D eigenvalue weighted by Gasteiger charge is -2.37. The molecule has 2 amide bonds. The Balaban J connectivity index is 1.49. The number of hydrogen-bond acceptors (Lipinski definition) is 6. The average Bonchev–Trinajstić information content (AvgIpc) is 3.46. The number of carbonyl (C=O) groups excluding carboxylic acids is 3. The number of amides is 2. The van der Waals surface area contributed by atoms with Gasteiger partial charge in [0.1, 0.15) is 13.2 Å². The monoisotopic (exact) mass is 492 g/mol. The highest BCUT2D eigenvalue weighted by Crippen LogP contribution is 2.22. The molecule has 1 unspecified atom stereocenters. The Hall–Kier alpha value is -3.72. The predicted octanol–water partition coefficient (Wildman–Crippen LogP) is 3.78. The summed E-state index contributed by atoms with van der Waals surface area (Å²) in [5.41, 5.74) is 1.64. The third-order valence-electron chi connectivity index (χ3n) is 6.34. The molecule has 2 saturated heterocycles. The lowest BCUT2D eigenvalue weighted by atomic mass is 9.94. The smallest absolute Gasteiger partial charge is 0.437 e. The van der Waals surface area contributed by atoms with Gasteiger partial charge in [0.25, 0.3) is 0 Å². The van der Waals surface area contributed by atoms with Crippen LogP contribution in [0.5, 0.6) is 0 Å². The Kier molecular flexibility index (Phi) is 9.04. The van der Waals surface area contributed by atoms with E-state index in [1.807, 2.05) is 60.7 Å². The van der Waals surface area contributed by atoms with Crippen LogP contribution in [-0.2, 0) is 27.5 Å². The second kappa shape index (κ2) is 12.8. The number of Topliss-reactive ketones (excluding diaryl/α,β-unsaturated/α-hetero) is 1. The van der Waals surface area contributed by atoms with Crippen LogP contribution in [0.25, 0.3) is 0 Å². The van der Waals surface area contributed by atoms with Crippen LogP contribution in [0.4, 0.5) is 9.59 Å². The first-order chi connectivity index (χ1) is 17.6. The zero-order chi connectivity index (χ0) is 25.2. The summed E-state index contributed by atoms with van der Waals surface area (Å²) in [6.45, 7) is 1.39. The van der Waals surface area contributed by atoms with Gasteiger partial charge >= 0.3 is 12.2 Å². The van der Waals surface area contributed by atoms with Gasteiger partial charge in [-0.1, -0.05) is 60.7 Å². The van der Waals surface area contributed by atoms with E-state index < -0.39 is 18.2 Å². The Bertz CT molecular complexity index is 1050. The number of likely N-dealkylation sites (tertiary alicyclic amines) is 1. The molecule has 0 radical (unpaired) electrons. The SMILES string of the molecule is O=C(N=C(NC(=O)OCc1ccccc1)N1CCCCC1C(=O)[C@@H]1CCCN1)OCc1ccccc1. The first kappa shape index (κ1) is 25.4. The number of carbonyl (C=O) groups is 3. The molecule has 9 nitrogen and oxygen atoms in total. The molecule has 0 saturated carbocycles. The number of benzene rings is 2. The summed E-state index contributed by atoms with van der Waals surface area (Å²) < 4.78 is 10.7. The largest absolute Gasteiger partial charge is 0.444 e. The minimum Gasteiger partial charge on any atom is -0.444 e. The number of guanidine groups is 1. The minimum absolute atomic E-state index is 0.0258. The molecule has 2 fully saturated rings. The standard InChI is InChI=1S/C27H32N4O5/c32-24(22-14-9-16-28-22)23-15-7-8-17-31(23)25(29-26(33)35-18-20-10-3-1-4-11-20)30-27(34)36-19-21-12-5-2-6-13-21/h1-6,10-13,22-23,28H,7-9,14-19H2,(H,29,30,33,34)/t22-,23?/m0/s1. The van der Waals surface area contributed by atoms with Gasteiger partial charge in [-0.25, -0.2) is 9.59 Å². The molecule has 2 atom stereocenters. The fourth-order valence-corrected chi connectivity index (χ4v) is 4.49. The van der Waals surface area contributed by atoms with E-state index in [1.54, 1.807) is 4.90 Å². The van der Waals surface area contributed by atoms with E-state index in [4.69, 9.17) is 9.47 Å². The normalized spacial score (nSPS) is 20.0. The quantitative estimate of drug-likeness (QED) is 0.467. The van der Waals surface area contributed by atoms with E-state index >= 15 is 0 Å². The molecule has 0 spiro atoms. The molecule has 0 bridgehead atoms. The summed E-state index contributed by atoms with van der Waals surface area (Å²) in [6, 6.07) is 17.8. The fourth-order valence-electron chi connectivity index (χ4n) is 4.49. The fraction of sp³-hybridized carbons (Fsp3) is 0.407. The van der Waals surface area contributed by atoms with Crippen molar-refractivity contribution in [2.75, 3.05) is 13.1 Å². The summed E-state index contributed by atoms with van der Waals surface area (Å²) in [4.78, 5) is 44.4. The lowest BCUT2D eigenvalue weighted by Crippen LogP contribution is -2.57. The Labute approximate surface area is 210 Å². The van der Waals surface area contributed by atoms with Crippen molar-refractivity contribution in [1.29, 1.82) is 0 Å². The highest BCUT2D eigenvalue weighted by atomic mass is 16.6. The van der Waals surface area contributed by atoms with Crippen molar-refractivity contribution in [2.24, 2.45) is 4.99 Å². The van der Waals surface area contributed by atoms with E-state index in [1.165, 1.54) is 0 Å². The van der Waals surface area contributed by atoms with Crippen LogP contribution in [0.15, 0.2) is 65.7 Å². The van der Waals surface area contributed by atoms with E-state index in [0.29, 0.717) is 13.0 Å². The number of ether oxygens (including phenoxy) is 2. The topological polar surface area (TPSA) is 109 Å². The van der Waals surface area contributed by atoms with Crippen LogP contribution in [0, 0.1) is 0 Å². The number of rotatable bonds is 6. The van der Waals surface area contributed by atoms with Crippen molar-refractivity contribution in [3.63, 3.8) is 0 Å². The number of nitrogens with zero attached hydrogens (tertiary/aromatic N) is 2. The van der Waals surface area contributed by atoms with Crippen molar-refractivity contribution in [2.45, 2.75) is 57.4 Å². The zero-order valence-electron chi connectivity index (χ0n) is 20.2. The molecule has 0 aliphatic carbocycles. The van der Waals surface area contributed by atoms with Crippen molar-refractivity contribution >= 4 is 23.9 Å². The molecule has 4 rings (SSSR count).